The molecule has 1 aromatic carbocycles. The van der Waals surface area contributed by atoms with Crippen LogP contribution in [0.15, 0.2) is 18.2 Å². The lowest BCUT2D eigenvalue weighted by molar-refractivity contribution is -0.385. The maximum absolute atomic E-state index is 10.9. The second-order valence-electron chi connectivity index (χ2n) is 5.94. The Morgan fingerprint density at radius 1 is 1.33 bits per heavy atom. The Morgan fingerprint density at radius 3 is 2.71 bits per heavy atom. The molecular weight excluding hydrogens is 268 g/mol. The van der Waals surface area contributed by atoms with Crippen LogP contribution in [-0.2, 0) is 6.54 Å². The molecule has 1 aliphatic carbocycles. The number of hydrogen-bond acceptors (Lipinski definition) is 4. The number of benzene rings is 1. The SMILES string of the molecule is Cc1c(CNCC2CCCCC2CO)cccc1[N+](=O)[O-]. The normalized spacial score (nSPS) is 22.2. The summed E-state index contributed by atoms with van der Waals surface area (Å²) in [5.74, 6) is 0.917. The third kappa shape index (κ3) is 4.02. The lowest BCUT2D eigenvalue weighted by Crippen LogP contribution is -2.32. The molecule has 21 heavy (non-hydrogen) atoms. The average Bonchev–Trinajstić information content (AvgIpc) is 2.49. The largest absolute Gasteiger partial charge is 0.396 e. The number of rotatable bonds is 6. The maximum Gasteiger partial charge on any atom is 0.272 e. The summed E-state index contributed by atoms with van der Waals surface area (Å²) in [6, 6.07) is 5.21. The molecule has 1 aromatic rings. The van der Waals surface area contributed by atoms with Gasteiger partial charge in [-0.25, -0.2) is 0 Å². The first-order valence-electron chi connectivity index (χ1n) is 7.68. The molecule has 1 fully saturated rings. The fraction of sp³-hybridized carbons (Fsp3) is 0.625. The highest BCUT2D eigenvalue weighted by atomic mass is 16.6. The van der Waals surface area contributed by atoms with E-state index in [1.807, 2.05) is 6.07 Å². The molecule has 0 saturated heterocycles. The van der Waals surface area contributed by atoms with Crippen LogP contribution in [0.2, 0.25) is 0 Å². The molecule has 116 valence electrons. The minimum atomic E-state index is -0.332. The van der Waals surface area contributed by atoms with E-state index in [9.17, 15) is 15.2 Å². The van der Waals surface area contributed by atoms with Gasteiger partial charge in [-0.15, -0.1) is 0 Å². The zero-order chi connectivity index (χ0) is 15.2. The van der Waals surface area contributed by atoms with E-state index in [2.05, 4.69) is 5.32 Å². The van der Waals surface area contributed by atoms with Gasteiger partial charge in [-0.05, 0) is 43.7 Å². The van der Waals surface area contributed by atoms with Crippen molar-refractivity contribution in [2.75, 3.05) is 13.2 Å². The third-order valence-corrected chi connectivity index (χ3v) is 4.64. The zero-order valence-electron chi connectivity index (χ0n) is 12.5. The number of aliphatic hydroxyl groups excluding tert-OH is 1. The van der Waals surface area contributed by atoms with Gasteiger partial charge in [0.05, 0.1) is 4.92 Å². The first-order valence-corrected chi connectivity index (χ1v) is 7.68. The fourth-order valence-corrected chi connectivity index (χ4v) is 3.24. The van der Waals surface area contributed by atoms with Crippen molar-refractivity contribution in [3.8, 4) is 0 Å². The fourth-order valence-electron chi connectivity index (χ4n) is 3.24. The lowest BCUT2D eigenvalue weighted by Gasteiger charge is -2.30. The van der Waals surface area contributed by atoms with E-state index in [1.54, 1.807) is 19.1 Å². The number of nitrogens with one attached hydrogen (secondary N) is 1. The van der Waals surface area contributed by atoms with E-state index in [1.165, 1.54) is 12.8 Å². The van der Waals surface area contributed by atoms with Crippen molar-refractivity contribution in [3.05, 3.63) is 39.4 Å². The van der Waals surface area contributed by atoms with Crippen molar-refractivity contribution in [3.63, 3.8) is 0 Å². The molecule has 0 bridgehead atoms. The number of nitrogens with zero attached hydrogens (tertiary/aromatic N) is 1. The van der Waals surface area contributed by atoms with Crippen molar-refractivity contribution < 1.29 is 10.0 Å². The van der Waals surface area contributed by atoms with Gasteiger partial charge in [0.2, 0.25) is 0 Å². The van der Waals surface area contributed by atoms with Crippen molar-refractivity contribution in [1.82, 2.24) is 5.32 Å². The smallest absolute Gasteiger partial charge is 0.272 e. The molecule has 2 atom stereocenters. The molecule has 0 heterocycles. The highest BCUT2D eigenvalue weighted by Gasteiger charge is 2.24. The Morgan fingerprint density at radius 2 is 2.05 bits per heavy atom. The Balaban J connectivity index is 1.91. The van der Waals surface area contributed by atoms with Crippen LogP contribution in [0.4, 0.5) is 5.69 Å². The summed E-state index contributed by atoms with van der Waals surface area (Å²) in [6.07, 6.45) is 4.72. The summed E-state index contributed by atoms with van der Waals surface area (Å²) in [5.41, 5.74) is 1.89. The standard InChI is InChI=1S/C16H24N2O3/c1-12-13(7-4-8-16(12)18(20)21)9-17-10-14-5-2-3-6-15(14)11-19/h4,7-8,14-15,17,19H,2-3,5-6,9-11H2,1H3. The van der Waals surface area contributed by atoms with E-state index in [-0.39, 0.29) is 17.2 Å². The van der Waals surface area contributed by atoms with E-state index in [4.69, 9.17) is 0 Å². The monoisotopic (exact) mass is 292 g/mol. The molecule has 1 saturated carbocycles. The third-order valence-electron chi connectivity index (χ3n) is 4.64. The van der Waals surface area contributed by atoms with Crippen LogP contribution in [0.3, 0.4) is 0 Å². The molecule has 0 aromatic heterocycles. The van der Waals surface area contributed by atoms with E-state index < -0.39 is 0 Å². The molecule has 2 rings (SSSR count). The van der Waals surface area contributed by atoms with Crippen molar-refractivity contribution in [2.24, 2.45) is 11.8 Å². The van der Waals surface area contributed by atoms with Crippen LogP contribution >= 0.6 is 0 Å². The van der Waals surface area contributed by atoms with Crippen LogP contribution in [0.1, 0.15) is 36.8 Å². The lowest BCUT2D eigenvalue weighted by atomic mass is 9.79. The van der Waals surface area contributed by atoms with Crippen LogP contribution in [0.25, 0.3) is 0 Å². The van der Waals surface area contributed by atoms with Crippen LogP contribution in [-0.4, -0.2) is 23.2 Å². The van der Waals surface area contributed by atoms with Gasteiger partial charge in [0.15, 0.2) is 0 Å². The van der Waals surface area contributed by atoms with Crippen molar-refractivity contribution in [2.45, 2.75) is 39.2 Å². The maximum atomic E-state index is 10.9. The molecule has 2 unspecified atom stereocenters. The zero-order valence-corrected chi connectivity index (χ0v) is 12.5. The molecule has 0 spiro atoms. The highest BCUT2D eigenvalue weighted by Crippen LogP contribution is 2.29. The summed E-state index contributed by atoms with van der Waals surface area (Å²) in [7, 11) is 0. The second-order valence-corrected chi connectivity index (χ2v) is 5.94. The van der Waals surface area contributed by atoms with E-state index in [0.29, 0.717) is 18.4 Å². The Hall–Kier alpha value is -1.46. The molecule has 1 aliphatic rings. The first kappa shape index (κ1) is 15.9. The topological polar surface area (TPSA) is 75.4 Å². The number of nitro benzene ring substituents is 1. The number of hydrogen-bond donors (Lipinski definition) is 2. The van der Waals surface area contributed by atoms with Gasteiger partial charge in [-0.1, -0.05) is 25.0 Å². The van der Waals surface area contributed by atoms with Crippen molar-refractivity contribution >= 4 is 5.69 Å². The van der Waals surface area contributed by atoms with Crippen LogP contribution in [0, 0.1) is 28.9 Å². The summed E-state index contributed by atoms with van der Waals surface area (Å²) in [6.45, 7) is 3.57. The van der Waals surface area contributed by atoms with Crippen LogP contribution in [0.5, 0.6) is 0 Å². The molecular formula is C16H24N2O3. The summed E-state index contributed by atoms with van der Waals surface area (Å²) < 4.78 is 0. The number of aliphatic hydroxyl groups is 1. The molecule has 0 aliphatic heterocycles. The summed E-state index contributed by atoms with van der Waals surface area (Å²) >= 11 is 0. The Kier molecular flexibility index (Phi) is 5.70. The highest BCUT2D eigenvalue weighted by molar-refractivity contribution is 5.44. The predicted octanol–water partition coefficient (Wildman–Crippen LogP) is 2.79. The Labute approximate surface area is 125 Å². The average molecular weight is 292 g/mol. The minimum absolute atomic E-state index is 0.181. The molecule has 0 radical (unpaired) electrons. The first-order chi connectivity index (χ1) is 10.1. The molecule has 2 N–H and O–H groups in total. The van der Waals surface area contributed by atoms with Gasteiger partial charge < -0.3 is 10.4 Å². The molecule has 5 heteroatoms. The van der Waals surface area contributed by atoms with Gasteiger partial charge in [0.1, 0.15) is 0 Å². The van der Waals surface area contributed by atoms with E-state index in [0.717, 1.165) is 30.5 Å². The second kappa shape index (κ2) is 7.52. The summed E-state index contributed by atoms with van der Waals surface area (Å²) in [4.78, 5) is 10.6. The van der Waals surface area contributed by atoms with Crippen molar-refractivity contribution in [1.29, 1.82) is 0 Å². The van der Waals surface area contributed by atoms with Gasteiger partial charge in [-0.3, -0.25) is 10.1 Å². The minimum Gasteiger partial charge on any atom is -0.396 e. The molecule has 0 amide bonds. The quantitative estimate of drug-likeness (QED) is 0.624. The molecule has 5 nitrogen and oxygen atoms in total. The summed E-state index contributed by atoms with van der Waals surface area (Å²) in [5, 5.41) is 23.8. The van der Waals surface area contributed by atoms with Gasteiger partial charge in [0.25, 0.3) is 5.69 Å². The van der Waals surface area contributed by atoms with Crippen LogP contribution < -0.4 is 5.32 Å². The Bertz CT molecular complexity index is 490. The van der Waals surface area contributed by atoms with Gasteiger partial charge >= 0.3 is 0 Å². The van der Waals surface area contributed by atoms with E-state index >= 15 is 0 Å². The number of nitro groups is 1. The van der Waals surface area contributed by atoms with Gasteiger partial charge in [0, 0.05) is 24.8 Å². The van der Waals surface area contributed by atoms with Gasteiger partial charge in [-0.2, -0.15) is 0 Å². The predicted molar refractivity (Wildman–Crippen MR) is 82.1 cm³/mol.